The molecule has 1 saturated heterocycles. The molecule has 118 valence electrons. The normalized spacial score (nSPS) is 15.1. The van der Waals surface area contributed by atoms with Crippen LogP contribution in [0.25, 0.3) is 0 Å². The summed E-state index contributed by atoms with van der Waals surface area (Å²) in [6.45, 7) is 4.36. The van der Waals surface area contributed by atoms with E-state index in [2.05, 4.69) is 20.8 Å². The molecule has 5 nitrogen and oxygen atoms in total. The Morgan fingerprint density at radius 1 is 1.24 bits per heavy atom. The summed E-state index contributed by atoms with van der Waals surface area (Å²) in [5.74, 6) is 0.305. The maximum absolute atomic E-state index is 11.5. The zero-order chi connectivity index (χ0) is 14.2. The predicted octanol–water partition coefficient (Wildman–Crippen LogP) is 2.13. The standard InChI is InChI=1S/C14H18BrNO4.ClH/c15-12-1-3-13(4-2-12)20-11-14(17)19-10-7-16-5-8-18-9-6-16;/h1-4H,5-11H2;1H. The van der Waals surface area contributed by atoms with Crippen LogP contribution in [0.1, 0.15) is 0 Å². The lowest BCUT2D eigenvalue weighted by atomic mass is 10.3. The van der Waals surface area contributed by atoms with Gasteiger partial charge in [-0.25, -0.2) is 4.79 Å². The van der Waals surface area contributed by atoms with Crippen molar-refractivity contribution in [3.8, 4) is 5.75 Å². The molecule has 2 rings (SSSR count). The third-order valence-electron chi connectivity index (χ3n) is 2.94. The number of halogens is 2. The summed E-state index contributed by atoms with van der Waals surface area (Å²) in [5, 5.41) is 0. The lowest BCUT2D eigenvalue weighted by Crippen LogP contribution is -2.38. The van der Waals surface area contributed by atoms with Crippen LogP contribution in [0, 0.1) is 0 Å². The Kier molecular flexibility index (Phi) is 8.68. The smallest absolute Gasteiger partial charge is 0.344 e. The van der Waals surface area contributed by atoms with Crippen molar-refractivity contribution in [3.05, 3.63) is 28.7 Å². The van der Waals surface area contributed by atoms with E-state index in [0.29, 0.717) is 12.4 Å². The molecule has 1 aromatic carbocycles. The van der Waals surface area contributed by atoms with Gasteiger partial charge in [-0.15, -0.1) is 12.4 Å². The lowest BCUT2D eigenvalue weighted by molar-refractivity contribution is -0.146. The van der Waals surface area contributed by atoms with Gasteiger partial charge in [0.2, 0.25) is 0 Å². The second-order valence-electron chi connectivity index (χ2n) is 4.42. The van der Waals surface area contributed by atoms with Crippen LogP contribution >= 0.6 is 28.3 Å². The van der Waals surface area contributed by atoms with Gasteiger partial charge in [0.25, 0.3) is 0 Å². The van der Waals surface area contributed by atoms with Gasteiger partial charge >= 0.3 is 5.97 Å². The van der Waals surface area contributed by atoms with Gasteiger partial charge in [0.05, 0.1) is 13.2 Å². The molecule has 0 amide bonds. The summed E-state index contributed by atoms with van der Waals surface area (Å²) >= 11 is 3.34. The van der Waals surface area contributed by atoms with Crippen molar-refractivity contribution in [2.45, 2.75) is 0 Å². The van der Waals surface area contributed by atoms with Crippen LogP contribution in [-0.4, -0.2) is 56.9 Å². The van der Waals surface area contributed by atoms with Gasteiger partial charge in [0.1, 0.15) is 12.4 Å². The van der Waals surface area contributed by atoms with Crippen LogP contribution in [0.3, 0.4) is 0 Å². The highest BCUT2D eigenvalue weighted by atomic mass is 79.9. The molecule has 0 spiro atoms. The maximum Gasteiger partial charge on any atom is 0.344 e. The zero-order valence-electron chi connectivity index (χ0n) is 11.6. The van der Waals surface area contributed by atoms with Gasteiger partial charge in [0.15, 0.2) is 6.61 Å². The Hall–Kier alpha value is -0.820. The number of nitrogens with zero attached hydrogens (tertiary/aromatic N) is 1. The third-order valence-corrected chi connectivity index (χ3v) is 3.47. The minimum absolute atomic E-state index is 0. The fourth-order valence-corrected chi connectivity index (χ4v) is 2.09. The van der Waals surface area contributed by atoms with Gasteiger partial charge in [-0.3, -0.25) is 4.90 Å². The van der Waals surface area contributed by atoms with Gasteiger partial charge in [0, 0.05) is 24.1 Å². The summed E-state index contributed by atoms with van der Waals surface area (Å²) < 4.78 is 16.7. The second-order valence-corrected chi connectivity index (χ2v) is 5.33. The monoisotopic (exact) mass is 379 g/mol. The van der Waals surface area contributed by atoms with Crippen molar-refractivity contribution in [2.75, 3.05) is 46.1 Å². The molecule has 0 atom stereocenters. The first-order valence-electron chi connectivity index (χ1n) is 6.58. The largest absolute Gasteiger partial charge is 0.482 e. The molecule has 0 unspecified atom stereocenters. The highest BCUT2D eigenvalue weighted by Gasteiger charge is 2.11. The Morgan fingerprint density at radius 3 is 2.57 bits per heavy atom. The Labute approximate surface area is 139 Å². The molecule has 21 heavy (non-hydrogen) atoms. The van der Waals surface area contributed by atoms with Crippen molar-refractivity contribution in [1.82, 2.24) is 4.90 Å². The van der Waals surface area contributed by atoms with Crippen molar-refractivity contribution < 1.29 is 19.0 Å². The predicted molar refractivity (Wildman–Crippen MR) is 85.1 cm³/mol. The van der Waals surface area contributed by atoms with Gasteiger partial charge in [-0.2, -0.15) is 0 Å². The molecule has 1 heterocycles. The molecule has 0 aliphatic carbocycles. The minimum atomic E-state index is -0.346. The Balaban J connectivity index is 0.00000220. The highest BCUT2D eigenvalue weighted by Crippen LogP contribution is 2.15. The first kappa shape index (κ1) is 18.2. The molecule has 0 saturated carbocycles. The number of hydrogen-bond acceptors (Lipinski definition) is 5. The van der Waals surface area contributed by atoms with Gasteiger partial charge in [-0.1, -0.05) is 15.9 Å². The first-order chi connectivity index (χ1) is 9.74. The molecule has 1 aliphatic heterocycles. The Morgan fingerprint density at radius 2 is 1.90 bits per heavy atom. The molecule has 1 aromatic rings. The zero-order valence-corrected chi connectivity index (χ0v) is 14.0. The fraction of sp³-hybridized carbons (Fsp3) is 0.500. The average Bonchev–Trinajstić information content (AvgIpc) is 2.48. The summed E-state index contributed by atoms with van der Waals surface area (Å²) in [7, 11) is 0. The number of carbonyl (C=O) groups is 1. The van der Waals surface area contributed by atoms with E-state index < -0.39 is 0 Å². The molecule has 0 N–H and O–H groups in total. The molecule has 0 radical (unpaired) electrons. The van der Waals surface area contributed by atoms with Crippen LogP contribution in [0.15, 0.2) is 28.7 Å². The molecule has 1 aliphatic rings. The van der Waals surface area contributed by atoms with Crippen LogP contribution in [-0.2, 0) is 14.3 Å². The molecule has 1 fully saturated rings. The van der Waals surface area contributed by atoms with E-state index in [9.17, 15) is 4.79 Å². The molecular weight excluding hydrogens is 362 g/mol. The Bertz CT molecular complexity index is 423. The van der Waals surface area contributed by atoms with Crippen molar-refractivity contribution in [3.63, 3.8) is 0 Å². The van der Waals surface area contributed by atoms with E-state index in [1.807, 2.05) is 12.1 Å². The first-order valence-corrected chi connectivity index (χ1v) is 7.37. The fourth-order valence-electron chi connectivity index (χ4n) is 1.83. The quantitative estimate of drug-likeness (QED) is 0.708. The summed E-state index contributed by atoms with van der Waals surface area (Å²) in [5.41, 5.74) is 0. The highest BCUT2D eigenvalue weighted by molar-refractivity contribution is 9.10. The van der Waals surface area contributed by atoms with E-state index >= 15 is 0 Å². The molecule has 0 bridgehead atoms. The maximum atomic E-state index is 11.5. The lowest BCUT2D eigenvalue weighted by Gasteiger charge is -2.26. The van der Waals surface area contributed by atoms with Crippen LogP contribution in [0.2, 0.25) is 0 Å². The van der Waals surface area contributed by atoms with E-state index in [1.54, 1.807) is 12.1 Å². The molecular formula is C14H19BrClNO4. The van der Waals surface area contributed by atoms with E-state index in [4.69, 9.17) is 14.2 Å². The van der Waals surface area contributed by atoms with Crippen molar-refractivity contribution >= 4 is 34.3 Å². The van der Waals surface area contributed by atoms with Crippen LogP contribution in [0.4, 0.5) is 0 Å². The number of esters is 1. The number of rotatable bonds is 6. The molecule has 7 heteroatoms. The number of morpholine rings is 1. The van der Waals surface area contributed by atoms with Crippen molar-refractivity contribution in [1.29, 1.82) is 0 Å². The summed E-state index contributed by atoms with van der Waals surface area (Å²) in [6, 6.07) is 7.31. The number of ether oxygens (including phenoxy) is 3. The van der Waals surface area contributed by atoms with Gasteiger partial charge < -0.3 is 14.2 Å². The van der Waals surface area contributed by atoms with Crippen LogP contribution in [0.5, 0.6) is 5.75 Å². The summed E-state index contributed by atoms with van der Waals surface area (Å²) in [4.78, 5) is 13.7. The van der Waals surface area contributed by atoms with Crippen LogP contribution < -0.4 is 4.74 Å². The number of hydrogen-bond donors (Lipinski definition) is 0. The summed E-state index contributed by atoms with van der Waals surface area (Å²) in [6.07, 6.45) is 0. The van der Waals surface area contributed by atoms with E-state index in [0.717, 1.165) is 37.3 Å². The topological polar surface area (TPSA) is 48.0 Å². The molecule has 0 aromatic heterocycles. The number of carbonyl (C=O) groups excluding carboxylic acids is 1. The van der Waals surface area contributed by atoms with E-state index in [1.165, 1.54) is 0 Å². The average molecular weight is 381 g/mol. The third kappa shape index (κ3) is 7.13. The van der Waals surface area contributed by atoms with Gasteiger partial charge in [-0.05, 0) is 24.3 Å². The minimum Gasteiger partial charge on any atom is -0.482 e. The second kappa shape index (κ2) is 10.00. The van der Waals surface area contributed by atoms with E-state index in [-0.39, 0.29) is 25.0 Å². The SMILES string of the molecule is Cl.O=C(COc1ccc(Br)cc1)OCCN1CCOCC1. The van der Waals surface area contributed by atoms with Crippen molar-refractivity contribution in [2.24, 2.45) is 0 Å². The number of benzene rings is 1.